The van der Waals surface area contributed by atoms with E-state index in [4.69, 9.17) is 18.0 Å². The lowest BCUT2D eigenvalue weighted by Gasteiger charge is -2.13. The van der Waals surface area contributed by atoms with Crippen molar-refractivity contribution in [3.63, 3.8) is 0 Å². The smallest absolute Gasteiger partial charge is 0.140 e. The summed E-state index contributed by atoms with van der Waals surface area (Å²) in [5.41, 5.74) is 8.57. The van der Waals surface area contributed by atoms with Crippen molar-refractivity contribution in [1.29, 1.82) is 0 Å². The Labute approximate surface area is 125 Å². The van der Waals surface area contributed by atoms with Crippen LogP contribution in [0.3, 0.4) is 0 Å². The van der Waals surface area contributed by atoms with Crippen molar-refractivity contribution in [2.75, 3.05) is 5.32 Å². The third-order valence-electron chi connectivity index (χ3n) is 2.53. The Morgan fingerprint density at radius 1 is 1.33 bits per heavy atom. The third kappa shape index (κ3) is 2.78. The quantitative estimate of drug-likeness (QED) is 0.644. The molecule has 0 aliphatic heterocycles. The lowest BCUT2D eigenvalue weighted by atomic mass is 10.1. The zero-order valence-electron chi connectivity index (χ0n) is 9.77. The van der Waals surface area contributed by atoms with E-state index in [9.17, 15) is 0 Å². The highest BCUT2D eigenvalue weighted by Crippen LogP contribution is 2.24. The summed E-state index contributed by atoms with van der Waals surface area (Å²) in [6.07, 6.45) is 1.75. The Kier molecular flexibility index (Phi) is 4.13. The van der Waals surface area contributed by atoms with Crippen LogP contribution in [0.15, 0.2) is 36.5 Å². The predicted molar refractivity (Wildman–Crippen MR) is 87.3 cm³/mol. The molecule has 0 fully saturated rings. The molecule has 0 unspecified atom stereocenters. The predicted octanol–water partition coefficient (Wildman–Crippen LogP) is 3.37. The molecule has 0 amide bonds. The van der Waals surface area contributed by atoms with Crippen LogP contribution in [-0.2, 0) is 0 Å². The summed E-state index contributed by atoms with van der Waals surface area (Å²) in [6, 6.07) is 9.88. The molecular formula is C13H12IN3S. The van der Waals surface area contributed by atoms with Gasteiger partial charge in [-0.1, -0.05) is 24.4 Å². The number of thiocarbonyl (C=S) groups is 1. The number of pyridine rings is 1. The normalized spacial score (nSPS) is 10.1. The van der Waals surface area contributed by atoms with Crippen LogP contribution in [0, 0.1) is 10.5 Å². The maximum Gasteiger partial charge on any atom is 0.140 e. The Hall–Kier alpha value is -1.21. The number of nitrogens with two attached hydrogens (primary N) is 1. The van der Waals surface area contributed by atoms with Gasteiger partial charge in [-0.3, -0.25) is 0 Å². The van der Waals surface area contributed by atoms with Gasteiger partial charge in [-0.15, -0.1) is 0 Å². The third-order valence-corrected chi connectivity index (χ3v) is 3.68. The highest BCUT2D eigenvalue weighted by molar-refractivity contribution is 14.1. The average molecular weight is 369 g/mol. The van der Waals surface area contributed by atoms with Crippen LogP contribution in [0.2, 0.25) is 0 Å². The standard InChI is InChI=1S/C13H12IN3S/c1-8-6-7-16-13(11(8)12(15)18)17-10-5-3-2-4-9(10)14/h2-7H,1H3,(H2,15,18)(H,16,17). The van der Waals surface area contributed by atoms with Gasteiger partial charge in [0.2, 0.25) is 0 Å². The largest absolute Gasteiger partial charge is 0.389 e. The number of rotatable bonds is 3. The summed E-state index contributed by atoms with van der Waals surface area (Å²) in [4.78, 5) is 4.67. The molecule has 1 aromatic heterocycles. The first-order valence-electron chi connectivity index (χ1n) is 5.36. The molecule has 0 saturated carbocycles. The van der Waals surface area contributed by atoms with E-state index in [0.29, 0.717) is 10.8 Å². The first kappa shape index (κ1) is 13.2. The summed E-state index contributed by atoms with van der Waals surface area (Å²) < 4.78 is 1.12. The Morgan fingerprint density at radius 3 is 2.72 bits per heavy atom. The van der Waals surface area contributed by atoms with Crippen LogP contribution >= 0.6 is 34.8 Å². The van der Waals surface area contributed by atoms with Gasteiger partial charge in [0.1, 0.15) is 10.8 Å². The van der Waals surface area contributed by atoms with Crippen molar-refractivity contribution in [2.24, 2.45) is 5.73 Å². The Morgan fingerprint density at radius 2 is 2.06 bits per heavy atom. The van der Waals surface area contributed by atoms with Gasteiger partial charge in [0, 0.05) is 9.77 Å². The van der Waals surface area contributed by atoms with Gasteiger partial charge < -0.3 is 11.1 Å². The molecule has 0 bridgehead atoms. The monoisotopic (exact) mass is 369 g/mol. The highest BCUT2D eigenvalue weighted by atomic mass is 127. The molecular weight excluding hydrogens is 357 g/mol. The van der Waals surface area contributed by atoms with E-state index >= 15 is 0 Å². The Bertz CT molecular complexity index is 599. The molecule has 0 saturated heterocycles. The number of para-hydroxylation sites is 1. The average Bonchev–Trinajstić information content (AvgIpc) is 2.31. The molecule has 1 aromatic carbocycles. The van der Waals surface area contributed by atoms with Gasteiger partial charge in [0.05, 0.1) is 11.3 Å². The summed E-state index contributed by atoms with van der Waals surface area (Å²) in [5.74, 6) is 0.701. The fourth-order valence-corrected chi connectivity index (χ4v) is 2.43. The molecule has 92 valence electrons. The molecule has 3 N–H and O–H groups in total. The van der Waals surface area contributed by atoms with Gasteiger partial charge in [0.15, 0.2) is 0 Å². The summed E-state index contributed by atoms with van der Waals surface area (Å²) in [7, 11) is 0. The fourth-order valence-electron chi connectivity index (χ4n) is 1.65. The minimum absolute atomic E-state index is 0.356. The second-order valence-electron chi connectivity index (χ2n) is 3.82. The molecule has 18 heavy (non-hydrogen) atoms. The number of benzene rings is 1. The SMILES string of the molecule is Cc1ccnc(Nc2ccccc2I)c1C(N)=S. The van der Waals surface area contributed by atoms with Crippen LogP contribution in [0.5, 0.6) is 0 Å². The van der Waals surface area contributed by atoms with Crippen molar-refractivity contribution in [3.8, 4) is 0 Å². The molecule has 2 aromatic rings. The number of nitrogens with one attached hydrogen (secondary N) is 1. The van der Waals surface area contributed by atoms with E-state index in [1.165, 1.54) is 0 Å². The van der Waals surface area contributed by atoms with E-state index in [2.05, 4.69) is 32.9 Å². The van der Waals surface area contributed by atoms with Gasteiger partial charge in [-0.2, -0.15) is 0 Å². The minimum atomic E-state index is 0.356. The van der Waals surface area contributed by atoms with Gasteiger partial charge in [0.25, 0.3) is 0 Å². The van der Waals surface area contributed by atoms with Crippen molar-refractivity contribution < 1.29 is 0 Å². The molecule has 0 aliphatic carbocycles. The number of halogens is 1. The summed E-state index contributed by atoms with van der Waals surface area (Å²) in [6.45, 7) is 1.97. The van der Waals surface area contributed by atoms with Gasteiger partial charge in [-0.25, -0.2) is 4.98 Å². The second-order valence-corrected chi connectivity index (χ2v) is 5.42. The van der Waals surface area contributed by atoms with Crippen molar-refractivity contribution in [1.82, 2.24) is 4.98 Å². The maximum atomic E-state index is 5.76. The maximum absolute atomic E-state index is 5.76. The van der Waals surface area contributed by atoms with Crippen LogP contribution in [0.4, 0.5) is 11.5 Å². The lowest BCUT2D eigenvalue weighted by molar-refractivity contribution is 1.26. The van der Waals surface area contributed by atoms with Crippen molar-refractivity contribution >= 4 is 51.3 Å². The number of anilines is 2. The molecule has 0 radical (unpaired) electrons. The van der Waals surface area contributed by atoms with Gasteiger partial charge in [-0.05, 0) is 53.3 Å². The summed E-state index contributed by atoms with van der Waals surface area (Å²) >= 11 is 7.35. The van der Waals surface area contributed by atoms with E-state index in [0.717, 1.165) is 20.4 Å². The van der Waals surface area contributed by atoms with Crippen molar-refractivity contribution in [2.45, 2.75) is 6.92 Å². The summed E-state index contributed by atoms with van der Waals surface area (Å²) in [5, 5.41) is 3.28. The van der Waals surface area contributed by atoms with Crippen LogP contribution < -0.4 is 11.1 Å². The zero-order chi connectivity index (χ0) is 13.1. The Balaban J connectivity index is 2.44. The number of aryl methyl sites for hydroxylation is 1. The first-order valence-corrected chi connectivity index (χ1v) is 6.85. The minimum Gasteiger partial charge on any atom is -0.389 e. The first-order chi connectivity index (χ1) is 8.59. The molecule has 0 aliphatic rings. The molecule has 3 nitrogen and oxygen atoms in total. The van der Waals surface area contributed by atoms with E-state index in [-0.39, 0.29) is 0 Å². The molecule has 5 heteroatoms. The van der Waals surface area contributed by atoms with E-state index in [1.807, 2.05) is 37.3 Å². The molecule has 0 atom stereocenters. The zero-order valence-corrected chi connectivity index (χ0v) is 12.7. The number of hydrogen-bond acceptors (Lipinski definition) is 3. The van der Waals surface area contributed by atoms with E-state index in [1.54, 1.807) is 6.20 Å². The van der Waals surface area contributed by atoms with E-state index < -0.39 is 0 Å². The molecule has 1 heterocycles. The fraction of sp³-hybridized carbons (Fsp3) is 0.0769. The lowest BCUT2D eigenvalue weighted by Crippen LogP contribution is -2.15. The number of hydrogen-bond donors (Lipinski definition) is 2. The van der Waals surface area contributed by atoms with Crippen LogP contribution in [0.25, 0.3) is 0 Å². The van der Waals surface area contributed by atoms with Gasteiger partial charge >= 0.3 is 0 Å². The molecule has 2 rings (SSSR count). The molecule has 0 spiro atoms. The number of aromatic nitrogens is 1. The van der Waals surface area contributed by atoms with Crippen molar-refractivity contribution in [3.05, 3.63) is 51.2 Å². The number of nitrogens with zero attached hydrogens (tertiary/aromatic N) is 1. The second kappa shape index (κ2) is 5.62. The highest BCUT2D eigenvalue weighted by Gasteiger charge is 2.10. The topological polar surface area (TPSA) is 50.9 Å². The van der Waals surface area contributed by atoms with Crippen LogP contribution in [-0.4, -0.2) is 9.97 Å². The van der Waals surface area contributed by atoms with Crippen LogP contribution in [0.1, 0.15) is 11.1 Å².